The van der Waals surface area contributed by atoms with E-state index in [0.717, 1.165) is 5.56 Å². The average Bonchev–Trinajstić information content (AvgIpc) is 2.30. The van der Waals surface area contributed by atoms with Gasteiger partial charge in [-0.1, -0.05) is 17.7 Å². The van der Waals surface area contributed by atoms with Crippen LogP contribution in [0.2, 0.25) is 0 Å². The summed E-state index contributed by atoms with van der Waals surface area (Å²) in [6.07, 6.45) is 0. The van der Waals surface area contributed by atoms with E-state index in [1.54, 1.807) is 26.0 Å². The summed E-state index contributed by atoms with van der Waals surface area (Å²) >= 11 is -1.66. The molecule has 0 saturated carbocycles. The highest BCUT2D eigenvalue weighted by Gasteiger charge is 2.35. The van der Waals surface area contributed by atoms with Crippen LogP contribution in [0.1, 0.15) is 19.4 Å². The van der Waals surface area contributed by atoms with E-state index >= 15 is 0 Å². The SMILES string of the molecule is COS(=O)C(C)(C)C(=O)Nc1ccc(C)cc1. The molecule has 0 aliphatic carbocycles. The molecule has 4 nitrogen and oxygen atoms in total. The summed E-state index contributed by atoms with van der Waals surface area (Å²) in [6.45, 7) is 5.13. The maximum absolute atomic E-state index is 11.9. The summed E-state index contributed by atoms with van der Waals surface area (Å²) < 4.78 is 15.2. The first-order chi connectivity index (χ1) is 7.87. The van der Waals surface area contributed by atoms with Gasteiger partial charge in [-0.25, -0.2) is 4.21 Å². The van der Waals surface area contributed by atoms with Crippen molar-refractivity contribution in [3.63, 3.8) is 0 Å². The number of benzene rings is 1. The zero-order chi connectivity index (χ0) is 13.1. The molecule has 17 heavy (non-hydrogen) atoms. The minimum absolute atomic E-state index is 0.332. The maximum atomic E-state index is 11.9. The second-order valence-electron chi connectivity index (χ2n) is 4.23. The lowest BCUT2D eigenvalue weighted by Crippen LogP contribution is -2.41. The molecule has 0 heterocycles. The van der Waals surface area contributed by atoms with Crippen LogP contribution in [-0.2, 0) is 20.1 Å². The Morgan fingerprint density at radius 3 is 2.29 bits per heavy atom. The normalized spacial score (nSPS) is 13.2. The third-order valence-corrected chi connectivity index (χ3v) is 3.75. The van der Waals surface area contributed by atoms with Crippen molar-refractivity contribution in [2.24, 2.45) is 0 Å². The molecule has 94 valence electrons. The van der Waals surface area contributed by atoms with Crippen LogP contribution >= 0.6 is 0 Å². The van der Waals surface area contributed by atoms with E-state index in [1.807, 2.05) is 19.1 Å². The Hall–Kier alpha value is -1.20. The highest BCUT2D eigenvalue weighted by Crippen LogP contribution is 2.17. The first-order valence-electron chi connectivity index (χ1n) is 5.22. The molecule has 0 saturated heterocycles. The molecule has 0 spiro atoms. The smallest absolute Gasteiger partial charge is 0.245 e. The third kappa shape index (κ3) is 3.38. The van der Waals surface area contributed by atoms with Gasteiger partial charge >= 0.3 is 0 Å². The highest BCUT2D eigenvalue weighted by molar-refractivity contribution is 7.82. The predicted molar refractivity (Wildman–Crippen MR) is 69.0 cm³/mol. The second-order valence-corrected chi connectivity index (χ2v) is 6.06. The fourth-order valence-electron chi connectivity index (χ4n) is 1.20. The van der Waals surface area contributed by atoms with Crippen LogP contribution < -0.4 is 5.32 Å². The van der Waals surface area contributed by atoms with Gasteiger partial charge in [0.05, 0.1) is 7.11 Å². The van der Waals surface area contributed by atoms with E-state index in [2.05, 4.69) is 5.32 Å². The van der Waals surface area contributed by atoms with E-state index in [-0.39, 0.29) is 5.91 Å². The van der Waals surface area contributed by atoms with Gasteiger partial charge in [0, 0.05) is 5.69 Å². The number of carbonyl (C=O) groups is 1. The Kier molecular flexibility index (Phi) is 4.42. The molecule has 5 heteroatoms. The molecule has 1 rings (SSSR count). The lowest BCUT2D eigenvalue weighted by molar-refractivity contribution is -0.117. The largest absolute Gasteiger partial charge is 0.325 e. The fourth-order valence-corrected chi connectivity index (χ4v) is 1.82. The van der Waals surface area contributed by atoms with Gasteiger partial charge in [-0.15, -0.1) is 0 Å². The Balaban J connectivity index is 2.79. The lowest BCUT2D eigenvalue weighted by Gasteiger charge is -2.21. The van der Waals surface area contributed by atoms with Crippen LogP contribution in [-0.4, -0.2) is 22.0 Å². The molecular weight excluding hydrogens is 238 g/mol. The van der Waals surface area contributed by atoms with Crippen molar-refractivity contribution in [1.29, 1.82) is 0 Å². The van der Waals surface area contributed by atoms with Gasteiger partial charge in [0.1, 0.15) is 4.75 Å². The topological polar surface area (TPSA) is 55.4 Å². The van der Waals surface area contributed by atoms with Crippen molar-refractivity contribution in [3.05, 3.63) is 29.8 Å². The van der Waals surface area contributed by atoms with Crippen molar-refractivity contribution < 1.29 is 13.2 Å². The van der Waals surface area contributed by atoms with Gasteiger partial charge in [0.2, 0.25) is 5.91 Å². The Labute approximate surface area is 104 Å². The van der Waals surface area contributed by atoms with Crippen LogP contribution in [0.4, 0.5) is 5.69 Å². The summed E-state index contributed by atoms with van der Waals surface area (Å²) in [7, 11) is 1.32. The van der Waals surface area contributed by atoms with E-state index in [0.29, 0.717) is 5.69 Å². The first-order valence-corrected chi connectivity index (χ1v) is 6.30. The monoisotopic (exact) mass is 255 g/mol. The highest BCUT2D eigenvalue weighted by atomic mass is 32.2. The van der Waals surface area contributed by atoms with Gasteiger partial charge < -0.3 is 5.32 Å². The summed E-state index contributed by atoms with van der Waals surface area (Å²) in [4.78, 5) is 11.9. The molecule has 0 aliphatic heterocycles. The number of hydrogen-bond donors (Lipinski definition) is 1. The maximum Gasteiger partial charge on any atom is 0.245 e. The van der Waals surface area contributed by atoms with E-state index in [4.69, 9.17) is 4.18 Å². The number of nitrogens with one attached hydrogen (secondary N) is 1. The Morgan fingerprint density at radius 1 is 1.29 bits per heavy atom. The van der Waals surface area contributed by atoms with Crippen molar-refractivity contribution in [2.45, 2.75) is 25.5 Å². The minimum Gasteiger partial charge on any atom is -0.325 e. The summed E-state index contributed by atoms with van der Waals surface area (Å²) in [6, 6.07) is 7.41. The lowest BCUT2D eigenvalue weighted by atomic mass is 10.1. The molecule has 0 aliphatic rings. The molecule has 0 fully saturated rings. The Bertz CT molecular complexity index is 426. The number of anilines is 1. The predicted octanol–water partition coefficient (Wildman–Crippen LogP) is 2.02. The third-order valence-electron chi connectivity index (χ3n) is 2.42. The molecule has 1 aromatic rings. The first kappa shape index (κ1) is 13.9. The van der Waals surface area contributed by atoms with Crippen molar-refractivity contribution in [2.75, 3.05) is 12.4 Å². The molecule has 0 aromatic heterocycles. The minimum atomic E-state index is -1.66. The fraction of sp³-hybridized carbons (Fsp3) is 0.417. The van der Waals surface area contributed by atoms with Gasteiger partial charge in [0.15, 0.2) is 11.1 Å². The molecular formula is C12H17NO3S. The second kappa shape index (κ2) is 5.42. The number of amides is 1. The quantitative estimate of drug-likeness (QED) is 0.895. The van der Waals surface area contributed by atoms with Crippen LogP contribution in [0.25, 0.3) is 0 Å². The van der Waals surface area contributed by atoms with Gasteiger partial charge in [0.25, 0.3) is 0 Å². The number of rotatable bonds is 4. The number of aryl methyl sites for hydroxylation is 1. The van der Waals surface area contributed by atoms with Gasteiger partial charge in [-0.3, -0.25) is 8.98 Å². The summed E-state index contributed by atoms with van der Waals surface area (Å²) in [5, 5.41) is 2.71. The number of carbonyl (C=O) groups excluding carboxylic acids is 1. The van der Waals surface area contributed by atoms with E-state index in [9.17, 15) is 9.00 Å². The summed E-state index contributed by atoms with van der Waals surface area (Å²) in [5.74, 6) is -0.332. The van der Waals surface area contributed by atoms with Crippen LogP contribution in [0.15, 0.2) is 24.3 Å². The molecule has 1 aromatic carbocycles. The van der Waals surface area contributed by atoms with Crippen LogP contribution in [0.3, 0.4) is 0 Å². The molecule has 1 N–H and O–H groups in total. The molecule has 1 atom stereocenters. The van der Waals surface area contributed by atoms with E-state index in [1.165, 1.54) is 7.11 Å². The van der Waals surface area contributed by atoms with Gasteiger partial charge in [-0.2, -0.15) is 0 Å². The zero-order valence-electron chi connectivity index (χ0n) is 10.4. The van der Waals surface area contributed by atoms with Crippen molar-refractivity contribution in [1.82, 2.24) is 0 Å². The van der Waals surface area contributed by atoms with Gasteiger partial charge in [-0.05, 0) is 32.9 Å². The molecule has 1 amide bonds. The Morgan fingerprint density at radius 2 is 1.82 bits per heavy atom. The van der Waals surface area contributed by atoms with Crippen LogP contribution in [0, 0.1) is 6.92 Å². The van der Waals surface area contributed by atoms with Crippen molar-refractivity contribution in [3.8, 4) is 0 Å². The molecule has 0 bridgehead atoms. The average molecular weight is 255 g/mol. The standard InChI is InChI=1S/C12H17NO3S/c1-9-5-7-10(8-6-9)13-11(14)12(2,3)17(15)16-4/h5-8H,1-4H3,(H,13,14). The van der Waals surface area contributed by atoms with E-state index < -0.39 is 15.8 Å². The molecule has 1 unspecified atom stereocenters. The van der Waals surface area contributed by atoms with Crippen LogP contribution in [0.5, 0.6) is 0 Å². The van der Waals surface area contributed by atoms with Crippen molar-refractivity contribution >= 4 is 22.7 Å². The number of hydrogen-bond acceptors (Lipinski definition) is 3. The summed E-state index contributed by atoms with van der Waals surface area (Å²) in [5.41, 5.74) is 1.80. The molecule has 0 radical (unpaired) electrons. The zero-order valence-corrected chi connectivity index (χ0v) is 11.3.